The predicted octanol–water partition coefficient (Wildman–Crippen LogP) is 2.41. The number of hydrogen-bond donors (Lipinski definition) is 1. The van der Waals surface area contributed by atoms with E-state index in [2.05, 4.69) is 5.32 Å². The first-order valence-corrected chi connectivity index (χ1v) is 7.04. The third-order valence-electron chi connectivity index (χ3n) is 4.88. The van der Waals surface area contributed by atoms with Gasteiger partial charge in [-0.3, -0.25) is 4.79 Å². The largest absolute Gasteiger partial charge is 0.356 e. The number of hydrogen-bond acceptors (Lipinski definition) is 1. The van der Waals surface area contributed by atoms with Crippen LogP contribution in [0.25, 0.3) is 0 Å². The van der Waals surface area contributed by atoms with Crippen LogP contribution in [0.5, 0.6) is 0 Å². The van der Waals surface area contributed by atoms with Gasteiger partial charge in [-0.25, -0.2) is 0 Å². The van der Waals surface area contributed by atoms with Crippen LogP contribution in [0.2, 0.25) is 0 Å². The van der Waals surface area contributed by atoms with E-state index >= 15 is 0 Å². The monoisotopic (exact) mass is 241 g/mol. The molecule has 1 amide bonds. The van der Waals surface area contributed by atoms with Crippen molar-refractivity contribution in [1.82, 2.24) is 5.32 Å². The smallest absolute Gasteiger partial charge is 0.223 e. The maximum atomic E-state index is 12.0. The summed E-state index contributed by atoms with van der Waals surface area (Å²) in [4.78, 5) is 12.0. The van der Waals surface area contributed by atoms with Gasteiger partial charge in [-0.05, 0) is 56.3 Å². The number of fused-ring (bicyclic) bond motifs is 5. The number of carbonyl (C=O) groups is 1. The Morgan fingerprint density at radius 3 is 2.56 bits per heavy atom. The van der Waals surface area contributed by atoms with Crippen molar-refractivity contribution in [2.45, 2.75) is 38.0 Å². The normalized spacial score (nSPS) is 45.2. The lowest BCUT2D eigenvalue weighted by Gasteiger charge is -2.10. The average Bonchev–Trinajstić information content (AvgIpc) is 2.68. The summed E-state index contributed by atoms with van der Waals surface area (Å²) in [6.45, 7) is 2.72. The number of halogens is 1. The molecule has 0 aromatic rings. The van der Waals surface area contributed by atoms with Crippen molar-refractivity contribution in [1.29, 1.82) is 0 Å². The average molecular weight is 242 g/mol. The molecule has 3 aliphatic rings. The quantitative estimate of drug-likeness (QED) is 0.753. The fourth-order valence-corrected chi connectivity index (χ4v) is 4.30. The van der Waals surface area contributed by atoms with E-state index in [9.17, 15) is 4.79 Å². The molecular weight excluding hydrogens is 222 g/mol. The topological polar surface area (TPSA) is 29.1 Å². The molecule has 5 unspecified atom stereocenters. The van der Waals surface area contributed by atoms with E-state index in [-0.39, 0.29) is 5.38 Å². The van der Waals surface area contributed by atoms with Crippen LogP contribution in [0, 0.1) is 29.6 Å². The Balaban J connectivity index is 1.48. The molecule has 90 valence electrons. The zero-order valence-corrected chi connectivity index (χ0v) is 10.5. The molecule has 0 heterocycles. The molecule has 0 spiro atoms. The Morgan fingerprint density at radius 1 is 1.38 bits per heavy atom. The molecule has 0 aliphatic heterocycles. The number of nitrogens with one attached hydrogen (secondary N) is 1. The third kappa shape index (κ3) is 1.66. The Bertz CT molecular complexity index is 288. The lowest BCUT2D eigenvalue weighted by Crippen LogP contribution is -2.29. The van der Waals surface area contributed by atoms with Crippen molar-refractivity contribution in [2.24, 2.45) is 29.6 Å². The van der Waals surface area contributed by atoms with E-state index in [0.717, 1.165) is 36.6 Å². The van der Waals surface area contributed by atoms with Crippen LogP contribution in [0.4, 0.5) is 0 Å². The van der Waals surface area contributed by atoms with E-state index in [1.54, 1.807) is 0 Å². The molecule has 3 fully saturated rings. The minimum atomic E-state index is 0.162. The minimum Gasteiger partial charge on any atom is -0.356 e. The van der Waals surface area contributed by atoms with Gasteiger partial charge in [0.25, 0.3) is 0 Å². The molecule has 3 aliphatic carbocycles. The molecule has 5 atom stereocenters. The van der Waals surface area contributed by atoms with Crippen LogP contribution < -0.4 is 5.32 Å². The number of amides is 1. The standard InChI is InChI=1S/C13H20ClNO/c1-7(14)4-5-15-13(16)12-10-8-2-3-9(6-8)11(10)12/h7-12H,2-6H2,1H3,(H,15,16). The van der Waals surface area contributed by atoms with E-state index < -0.39 is 0 Å². The van der Waals surface area contributed by atoms with E-state index in [1.807, 2.05) is 6.92 Å². The number of alkyl halides is 1. The van der Waals surface area contributed by atoms with Crippen LogP contribution in [0.3, 0.4) is 0 Å². The highest BCUT2D eigenvalue weighted by molar-refractivity contribution is 6.20. The summed E-state index contributed by atoms with van der Waals surface area (Å²) in [5, 5.41) is 3.21. The van der Waals surface area contributed by atoms with Crippen LogP contribution in [-0.4, -0.2) is 17.8 Å². The zero-order chi connectivity index (χ0) is 11.3. The molecule has 0 aromatic carbocycles. The molecule has 3 rings (SSSR count). The lowest BCUT2D eigenvalue weighted by atomic mass is 10.0. The van der Waals surface area contributed by atoms with Crippen LogP contribution in [0.15, 0.2) is 0 Å². The van der Waals surface area contributed by atoms with Gasteiger partial charge in [0.2, 0.25) is 5.91 Å². The summed E-state index contributed by atoms with van der Waals surface area (Å²) in [6.07, 6.45) is 5.06. The van der Waals surface area contributed by atoms with Gasteiger partial charge in [-0.15, -0.1) is 11.6 Å². The van der Waals surface area contributed by atoms with Crippen molar-refractivity contribution in [2.75, 3.05) is 6.54 Å². The first kappa shape index (κ1) is 10.9. The molecule has 0 saturated heterocycles. The Morgan fingerprint density at radius 2 is 2.00 bits per heavy atom. The van der Waals surface area contributed by atoms with Crippen molar-refractivity contribution in [3.63, 3.8) is 0 Å². The minimum absolute atomic E-state index is 0.162. The summed E-state index contributed by atoms with van der Waals surface area (Å²) in [5.74, 6) is 3.97. The molecule has 0 radical (unpaired) electrons. The fourth-order valence-electron chi connectivity index (χ4n) is 4.19. The lowest BCUT2D eigenvalue weighted by molar-refractivity contribution is -0.123. The van der Waals surface area contributed by atoms with Crippen molar-refractivity contribution in [3.05, 3.63) is 0 Å². The van der Waals surface area contributed by atoms with Gasteiger partial charge in [0, 0.05) is 17.8 Å². The number of carbonyl (C=O) groups excluding carboxylic acids is 1. The molecule has 2 bridgehead atoms. The van der Waals surface area contributed by atoms with Gasteiger partial charge in [0.1, 0.15) is 0 Å². The van der Waals surface area contributed by atoms with Gasteiger partial charge in [-0.1, -0.05) is 0 Å². The Hall–Kier alpha value is -0.240. The van der Waals surface area contributed by atoms with E-state index in [1.165, 1.54) is 19.3 Å². The summed E-state index contributed by atoms with van der Waals surface area (Å²) >= 11 is 5.86. The first-order valence-electron chi connectivity index (χ1n) is 6.60. The number of rotatable bonds is 4. The second kappa shape index (κ2) is 3.90. The van der Waals surface area contributed by atoms with Gasteiger partial charge in [0.05, 0.1) is 0 Å². The van der Waals surface area contributed by atoms with E-state index in [0.29, 0.717) is 11.8 Å². The van der Waals surface area contributed by atoms with Crippen molar-refractivity contribution >= 4 is 17.5 Å². The summed E-state index contributed by atoms with van der Waals surface area (Å²) in [5.41, 5.74) is 0. The Kier molecular flexibility index (Phi) is 2.66. The highest BCUT2D eigenvalue weighted by atomic mass is 35.5. The molecule has 3 saturated carbocycles. The van der Waals surface area contributed by atoms with Gasteiger partial charge in [0.15, 0.2) is 0 Å². The molecular formula is C13H20ClNO. The molecule has 16 heavy (non-hydrogen) atoms. The second-order valence-electron chi connectivity index (χ2n) is 5.87. The van der Waals surface area contributed by atoms with Crippen LogP contribution in [-0.2, 0) is 4.79 Å². The summed E-state index contributed by atoms with van der Waals surface area (Å²) in [6, 6.07) is 0. The summed E-state index contributed by atoms with van der Waals surface area (Å²) in [7, 11) is 0. The maximum absolute atomic E-state index is 12.0. The molecule has 3 heteroatoms. The predicted molar refractivity (Wildman–Crippen MR) is 64.2 cm³/mol. The first-order chi connectivity index (χ1) is 7.68. The van der Waals surface area contributed by atoms with Crippen LogP contribution >= 0.6 is 11.6 Å². The highest BCUT2D eigenvalue weighted by Gasteiger charge is 2.67. The fraction of sp³-hybridized carbons (Fsp3) is 0.923. The molecule has 1 N–H and O–H groups in total. The van der Waals surface area contributed by atoms with Gasteiger partial charge < -0.3 is 5.32 Å². The second-order valence-corrected chi connectivity index (χ2v) is 6.62. The highest BCUT2D eigenvalue weighted by Crippen LogP contribution is 2.69. The molecule has 0 aromatic heterocycles. The zero-order valence-electron chi connectivity index (χ0n) is 9.79. The summed E-state index contributed by atoms with van der Waals surface area (Å²) < 4.78 is 0. The van der Waals surface area contributed by atoms with Crippen LogP contribution in [0.1, 0.15) is 32.6 Å². The third-order valence-corrected chi connectivity index (χ3v) is 5.10. The van der Waals surface area contributed by atoms with Crippen molar-refractivity contribution in [3.8, 4) is 0 Å². The van der Waals surface area contributed by atoms with Gasteiger partial charge >= 0.3 is 0 Å². The SMILES string of the molecule is CC(Cl)CCNC(=O)C1C2C3CCC(C3)C12. The maximum Gasteiger partial charge on any atom is 0.223 e. The molecule has 2 nitrogen and oxygen atoms in total. The van der Waals surface area contributed by atoms with Crippen molar-refractivity contribution < 1.29 is 4.79 Å². The Labute approximate surface area is 102 Å². The van der Waals surface area contributed by atoms with E-state index in [4.69, 9.17) is 11.6 Å². The van der Waals surface area contributed by atoms with Gasteiger partial charge in [-0.2, -0.15) is 0 Å².